The molecule has 1 aliphatic rings. The maximum absolute atomic E-state index is 13.9. The monoisotopic (exact) mass is 489 g/mol. The van der Waals surface area contributed by atoms with Crippen molar-refractivity contribution in [1.82, 2.24) is 9.29 Å². The Balaban J connectivity index is 1.57. The number of carbonyl (C=O) groups is 2. The Labute approximate surface area is 201 Å². The number of hydrogen-bond acceptors (Lipinski definition) is 5. The molecule has 35 heavy (non-hydrogen) atoms. The van der Waals surface area contributed by atoms with Gasteiger partial charge in [-0.25, -0.2) is 17.7 Å². The van der Waals surface area contributed by atoms with E-state index in [4.69, 9.17) is 0 Å². The lowest BCUT2D eigenvalue weighted by Gasteiger charge is -2.27. The third-order valence-electron chi connectivity index (χ3n) is 5.94. The number of pyridine rings is 1. The van der Waals surface area contributed by atoms with Gasteiger partial charge in [0.1, 0.15) is 11.9 Å². The first kappa shape index (κ1) is 22.8. The molecule has 1 saturated heterocycles. The molecule has 1 fully saturated rings. The quantitative estimate of drug-likeness (QED) is 0.384. The lowest BCUT2D eigenvalue weighted by atomic mass is 10.1. The van der Waals surface area contributed by atoms with Crippen LogP contribution in [0.25, 0.3) is 10.8 Å². The van der Waals surface area contributed by atoms with Gasteiger partial charge in [0.2, 0.25) is 15.9 Å². The molecule has 1 aliphatic heterocycles. The predicted molar refractivity (Wildman–Crippen MR) is 128 cm³/mol. The number of fused-ring (bicyclic) bond motifs is 1. The summed E-state index contributed by atoms with van der Waals surface area (Å²) in [6.07, 6.45) is 2.75. The lowest BCUT2D eigenvalue weighted by Crippen LogP contribution is -2.45. The zero-order valence-corrected chi connectivity index (χ0v) is 19.2. The van der Waals surface area contributed by atoms with Crippen molar-refractivity contribution in [3.05, 3.63) is 103 Å². The number of rotatable bonds is 6. The first-order valence-corrected chi connectivity index (χ1v) is 12.3. The summed E-state index contributed by atoms with van der Waals surface area (Å²) in [6, 6.07) is 19.1. The van der Waals surface area contributed by atoms with E-state index in [1.54, 1.807) is 36.5 Å². The summed E-state index contributed by atoms with van der Waals surface area (Å²) >= 11 is 0. The van der Waals surface area contributed by atoms with Crippen LogP contribution in [0.4, 0.5) is 10.1 Å². The molecule has 1 aromatic heterocycles. The molecule has 0 spiro atoms. The zero-order valence-electron chi connectivity index (χ0n) is 18.4. The van der Waals surface area contributed by atoms with Crippen LogP contribution < -0.4 is 4.90 Å². The van der Waals surface area contributed by atoms with Crippen molar-refractivity contribution in [3.8, 4) is 0 Å². The Morgan fingerprint density at radius 3 is 2.40 bits per heavy atom. The summed E-state index contributed by atoms with van der Waals surface area (Å²) in [4.78, 5) is 31.2. The second-order valence-electron chi connectivity index (χ2n) is 8.18. The Morgan fingerprint density at radius 2 is 1.69 bits per heavy atom. The second-order valence-corrected chi connectivity index (χ2v) is 10.1. The number of halogens is 1. The van der Waals surface area contributed by atoms with Crippen LogP contribution in [-0.4, -0.2) is 35.6 Å². The Kier molecular flexibility index (Phi) is 5.88. The molecule has 0 saturated carbocycles. The van der Waals surface area contributed by atoms with Crippen molar-refractivity contribution in [2.45, 2.75) is 23.9 Å². The molecule has 2 heterocycles. The minimum absolute atomic E-state index is 0.0144. The van der Waals surface area contributed by atoms with E-state index in [2.05, 4.69) is 4.98 Å². The number of carbonyl (C=O) groups excluding carboxylic acids is 2. The highest BCUT2D eigenvalue weighted by molar-refractivity contribution is 7.89. The number of benzene rings is 3. The van der Waals surface area contributed by atoms with Gasteiger partial charge in [-0.3, -0.25) is 14.6 Å². The summed E-state index contributed by atoms with van der Waals surface area (Å²) in [5.74, 6) is -1.76. The molecule has 5 rings (SSSR count). The highest BCUT2D eigenvalue weighted by Crippen LogP contribution is 2.31. The standard InChI is InChI=1S/C26H20FN3O4S/c27-21-8-10-22(11-9-21)30-25(31)15-24(26(30)32)29(17-18-4-3-13-28-16-18)35(33,34)23-12-7-19-5-1-2-6-20(19)14-23/h1-14,16,24H,15,17H2. The lowest BCUT2D eigenvalue weighted by molar-refractivity contribution is -0.122. The van der Waals surface area contributed by atoms with E-state index in [0.29, 0.717) is 5.56 Å². The van der Waals surface area contributed by atoms with E-state index in [9.17, 15) is 22.4 Å². The number of sulfonamides is 1. The molecular formula is C26H20FN3O4S. The maximum Gasteiger partial charge on any atom is 0.252 e. The maximum atomic E-state index is 13.9. The minimum atomic E-state index is -4.20. The Bertz CT molecular complexity index is 1530. The first-order valence-electron chi connectivity index (χ1n) is 10.9. The molecule has 2 amide bonds. The molecule has 4 aromatic rings. The van der Waals surface area contributed by atoms with Gasteiger partial charge in [-0.05, 0) is 58.8 Å². The molecule has 0 N–H and O–H groups in total. The molecule has 176 valence electrons. The summed E-state index contributed by atoms with van der Waals surface area (Å²) in [5, 5.41) is 1.61. The van der Waals surface area contributed by atoms with E-state index in [0.717, 1.165) is 32.1 Å². The van der Waals surface area contributed by atoms with Crippen molar-refractivity contribution in [2.75, 3.05) is 4.90 Å². The molecule has 0 aliphatic carbocycles. The summed E-state index contributed by atoms with van der Waals surface area (Å²) in [7, 11) is -4.20. The van der Waals surface area contributed by atoms with E-state index >= 15 is 0 Å². The number of aromatic nitrogens is 1. The summed E-state index contributed by atoms with van der Waals surface area (Å²) in [5.41, 5.74) is 0.755. The van der Waals surface area contributed by atoms with E-state index in [1.807, 2.05) is 18.2 Å². The SMILES string of the molecule is O=C1CC(N(Cc2cccnc2)S(=O)(=O)c2ccc3ccccc3c2)C(=O)N1c1ccc(F)cc1. The molecule has 1 atom stereocenters. The fraction of sp³-hybridized carbons (Fsp3) is 0.115. The molecule has 3 aromatic carbocycles. The van der Waals surface area contributed by atoms with Crippen molar-refractivity contribution >= 4 is 38.3 Å². The Hall–Kier alpha value is -3.95. The van der Waals surface area contributed by atoms with Crippen LogP contribution in [0.3, 0.4) is 0 Å². The molecule has 0 radical (unpaired) electrons. The van der Waals surface area contributed by atoms with Gasteiger partial charge in [0.05, 0.1) is 17.0 Å². The fourth-order valence-electron chi connectivity index (χ4n) is 4.20. The molecule has 0 bridgehead atoms. The van der Waals surface area contributed by atoms with Gasteiger partial charge in [0.25, 0.3) is 5.91 Å². The highest BCUT2D eigenvalue weighted by Gasteiger charge is 2.47. The summed E-state index contributed by atoms with van der Waals surface area (Å²) in [6.45, 7) is -0.149. The van der Waals surface area contributed by atoms with Gasteiger partial charge in [0.15, 0.2) is 0 Å². The van der Waals surface area contributed by atoms with Crippen LogP contribution in [0.15, 0.2) is 96.2 Å². The number of anilines is 1. The van der Waals surface area contributed by atoms with Gasteiger partial charge in [-0.15, -0.1) is 0 Å². The molecule has 1 unspecified atom stereocenters. The van der Waals surface area contributed by atoms with Crippen molar-refractivity contribution in [2.24, 2.45) is 0 Å². The first-order chi connectivity index (χ1) is 16.8. The van der Waals surface area contributed by atoms with Gasteiger partial charge in [-0.2, -0.15) is 4.31 Å². The normalized spacial score (nSPS) is 16.4. The predicted octanol–water partition coefficient (Wildman–Crippen LogP) is 3.90. The van der Waals surface area contributed by atoms with Gasteiger partial charge < -0.3 is 0 Å². The van der Waals surface area contributed by atoms with Crippen molar-refractivity contribution in [3.63, 3.8) is 0 Å². The second kappa shape index (κ2) is 9.01. The van der Waals surface area contributed by atoms with Gasteiger partial charge in [0, 0.05) is 18.9 Å². The number of imide groups is 1. The van der Waals surface area contributed by atoms with Crippen LogP contribution in [0.2, 0.25) is 0 Å². The minimum Gasteiger partial charge on any atom is -0.274 e. The van der Waals surface area contributed by atoms with Crippen LogP contribution >= 0.6 is 0 Å². The Morgan fingerprint density at radius 1 is 0.943 bits per heavy atom. The van der Waals surface area contributed by atoms with Crippen LogP contribution in [-0.2, 0) is 26.2 Å². The topological polar surface area (TPSA) is 87.6 Å². The van der Waals surface area contributed by atoms with E-state index in [1.165, 1.54) is 24.4 Å². The van der Waals surface area contributed by atoms with Crippen molar-refractivity contribution < 1.29 is 22.4 Å². The average molecular weight is 490 g/mol. The molecule has 9 heteroatoms. The number of amides is 2. The summed E-state index contributed by atoms with van der Waals surface area (Å²) < 4.78 is 42.2. The van der Waals surface area contributed by atoms with Gasteiger partial charge >= 0.3 is 0 Å². The van der Waals surface area contributed by atoms with Crippen molar-refractivity contribution in [1.29, 1.82) is 0 Å². The zero-order chi connectivity index (χ0) is 24.6. The number of nitrogens with zero attached hydrogens (tertiary/aromatic N) is 3. The van der Waals surface area contributed by atoms with Crippen LogP contribution in [0.1, 0.15) is 12.0 Å². The van der Waals surface area contributed by atoms with E-state index in [-0.39, 0.29) is 23.5 Å². The largest absolute Gasteiger partial charge is 0.274 e. The third-order valence-corrected chi connectivity index (χ3v) is 7.79. The smallest absolute Gasteiger partial charge is 0.252 e. The molecule has 7 nitrogen and oxygen atoms in total. The number of hydrogen-bond donors (Lipinski definition) is 0. The highest BCUT2D eigenvalue weighted by atomic mass is 32.2. The molecular weight excluding hydrogens is 469 g/mol. The van der Waals surface area contributed by atoms with Crippen LogP contribution in [0.5, 0.6) is 0 Å². The fourth-order valence-corrected chi connectivity index (χ4v) is 5.81. The van der Waals surface area contributed by atoms with E-state index < -0.39 is 33.7 Å². The van der Waals surface area contributed by atoms with Gasteiger partial charge in [-0.1, -0.05) is 36.4 Å². The average Bonchev–Trinajstić information content (AvgIpc) is 3.16. The third kappa shape index (κ3) is 4.31. The van der Waals surface area contributed by atoms with Crippen LogP contribution in [0, 0.1) is 5.82 Å².